The number of carbonyl (C=O) groups excluding carboxylic acids is 2. The number of anilines is 1. The molecule has 0 fully saturated rings. The molecule has 0 spiro atoms. The molecule has 0 unspecified atom stereocenters. The molecule has 0 heterocycles. The number of esters is 2. The van der Waals surface area contributed by atoms with Gasteiger partial charge in [-0.05, 0) is 37.6 Å². The third kappa shape index (κ3) is 37.5. The first-order valence-corrected chi connectivity index (χ1v) is 20.3. The Bertz CT molecular complexity index is 1010. The monoisotopic (exact) mass is 821 g/mol. The van der Waals surface area contributed by atoms with Crippen molar-refractivity contribution >= 4 is 17.6 Å². The van der Waals surface area contributed by atoms with E-state index in [0.29, 0.717) is 171 Å². The molecular weight excluding hydrogens is 750 g/mol. The Kier molecular flexibility index (Phi) is 39.7. The van der Waals surface area contributed by atoms with Crippen molar-refractivity contribution in [1.82, 2.24) is 0 Å². The van der Waals surface area contributed by atoms with E-state index in [-0.39, 0.29) is 25.0 Å². The van der Waals surface area contributed by atoms with E-state index in [1.165, 1.54) is 0 Å². The van der Waals surface area contributed by atoms with E-state index in [4.69, 9.17) is 66.3 Å². The summed E-state index contributed by atoms with van der Waals surface area (Å²) in [6, 6.07) is 7.28. The lowest BCUT2D eigenvalue weighted by molar-refractivity contribution is -0.144. The molecule has 0 atom stereocenters. The molecule has 1 aromatic carbocycles. The molecule has 0 aliphatic carbocycles. The third-order valence-corrected chi connectivity index (χ3v) is 7.29. The molecule has 0 amide bonds. The van der Waals surface area contributed by atoms with Gasteiger partial charge in [0.15, 0.2) is 0 Å². The highest BCUT2D eigenvalue weighted by Crippen LogP contribution is 2.11. The van der Waals surface area contributed by atoms with Crippen LogP contribution in [0.2, 0.25) is 0 Å². The van der Waals surface area contributed by atoms with Crippen LogP contribution in [-0.4, -0.2) is 190 Å². The number of rotatable bonds is 45. The minimum Gasteiger partial charge on any atom is -0.466 e. The van der Waals surface area contributed by atoms with Gasteiger partial charge in [0, 0.05) is 12.2 Å². The lowest BCUT2D eigenvalue weighted by Gasteiger charge is -2.09. The van der Waals surface area contributed by atoms with Crippen molar-refractivity contribution in [1.29, 1.82) is 0 Å². The molecular formula is C40H71NO16. The number of ether oxygens (including phenoxy) is 14. The van der Waals surface area contributed by atoms with Gasteiger partial charge in [0.2, 0.25) is 0 Å². The second-order valence-electron chi connectivity index (χ2n) is 11.9. The summed E-state index contributed by atoms with van der Waals surface area (Å²) in [5.74, 6) is -0.621. The van der Waals surface area contributed by atoms with Crippen LogP contribution < -0.4 is 5.32 Å². The van der Waals surface area contributed by atoms with Gasteiger partial charge in [-0.1, -0.05) is 13.3 Å². The van der Waals surface area contributed by atoms with E-state index in [2.05, 4.69) is 12.2 Å². The van der Waals surface area contributed by atoms with Gasteiger partial charge in [0.25, 0.3) is 0 Å². The first kappa shape index (κ1) is 52.5. The van der Waals surface area contributed by atoms with Crippen molar-refractivity contribution in [2.24, 2.45) is 0 Å². The highest BCUT2D eigenvalue weighted by Gasteiger charge is 2.07. The summed E-state index contributed by atoms with van der Waals surface area (Å²) in [5, 5.41) is 3.32. The normalized spacial score (nSPS) is 11.3. The molecule has 0 radical (unpaired) electrons. The summed E-state index contributed by atoms with van der Waals surface area (Å²) in [6.07, 6.45) is 2.49. The van der Waals surface area contributed by atoms with E-state index < -0.39 is 0 Å². The summed E-state index contributed by atoms with van der Waals surface area (Å²) in [5.41, 5.74) is 1.51. The lowest BCUT2D eigenvalue weighted by Crippen LogP contribution is -2.16. The molecule has 1 aromatic rings. The zero-order valence-corrected chi connectivity index (χ0v) is 34.6. The first-order valence-electron chi connectivity index (χ1n) is 20.3. The van der Waals surface area contributed by atoms with Crippen LogP contribution in [0.4, 0.5) is 5.69 Å². The second-order valence-corrected chi connectivity index (χ2v) is 11.9. The Balaban J connectivity index is 1.67. The van der Waals surface area contributed by atoms with Crippen LogP contribution in [0.1, 0.15) is 43.5 Å². The summed E-state index contributed by atoms with van der Waals surface area (Å²) in [6.45, 7) is 16.3. The molecule has 1 N–H and O–H groups in total. The molecule has 0 saturated carbocycles. The molecule has 0 saturated heterocycles. The molecule has 17 heteroatoms. The van der Waals surface area contributed by atoms with E-state index in [1.807, 2.05) is 12.1 Å². The minimum absolute atomic E-state index is 0.184. The van der Waals surface area contributed by atoms with E-state index >= 15 is 0 Å². The molecule has 1 rings (SSSR count). The van der Waals surface area contributed by atoms with E-state index in [9.17, 15) is 9.59 Å². The fraction of sp³-hybridized carbons (Fsp3) is 0.800. The maximum Gasteiger partial charge on any atom is 0.338 e. The number of nitrogens with one attached hydrogen (secondary N) is 1. The Morgan fingerprint density at radius 1 is 0.421 bits per heavy atom. The van der Waals surface area contributed by atoms with Crippen molar-refractivity contribution in [3.8, 4) is 0 Å². The molecule has 0 aliphatic heterocycles. The number of hydrogen-bond donors (Lipinski definition) is 1. The summed E-state index contributed by atoms with van der Waals surface area (Å²) < 4.78 is 75.6. The predicted molar refractivity (Wildman–Crippen MR) is 211 cm³/mol. The van der Waals surface area contributed by atoms with Gasteiger partial charge in [-0.3, -0.25) is 4.79 Å². The average molecular weight is 822 g/mol. The van der Waals surface area contributed by atoms with Crippen LogP contribution >= 0.6 is 0 Å². The molecule has 0 aliphatic rings. The number of benzene rings is 1. The van der Waals surface area contributed by atoms with E-state index in [0.717, 1.165) is 25.1 Å². The summed E-state index contributed by atoms with van der Waals surface area (Å²) in [7, 11) is 0. The smallest absolute Gasteiger partial charge is 0.338 e. The van der Waals surface area contributed by atoms with Gasteiger partial charge >= 0.3 is 11.9 Å². The fourth-order valence-electron chi connectivity index (χ4n) is 4.32. The Hall–Kier alpha value is -2.52. The van der Waals surface area contributed by atoms with Gasteiger partial charge in [0.05, 0.1) is 177 Å². The maximum atomic E-state index is 12.1. The summed E-state index contributed by atoms with van der Waals surface area (Å²) >= 11 is 0. The van der Waals surface area contributed by atoms with Crippen LogP contribution in [0, 0.1) is 0 Å². The van der Waals surface area contributed by atoms with Crippen molar-refractivity contribution in [3.05, 3.63) is 29.8 Å². The SMILES string of the molecule is CCCCNc1ccc(C(=O)OCCOCCOCCOCCOCCOCCOCCOCCOCCOCCOCCOCCOCCC(=O)OCC)cc1. The third-order valence-electron chi connectivity index (χ3n) is 7.29. The van der Waals surface area contributed by atoms with Gasteiger partial charge in [-0.25, -0.2) is 4.79 Å². The van der Waals surface area contributed by atoms with Crippen LogP contribution in [0.5, 0.6) is 0 Å². The number of unbranched alkanes of at least 4 members (excludes halogenated alkanes) is 1. The van der Waals surface area contributed by atoms with Crippen molar-refractivity contribution in [3.63, 3.8) is 0 Å². The minimum atomic E-state index is -0.366. The first-order chi connectivity index (χ1) is 28.2. The van der Waals surface area contributed by atoms with Crippen LogP contribution in [-0.2, 0) is 71.1 Å². The highest BCUT2D eigenvalue weighted by molar-refractivity contribution is 5.89. The molecule has 17 nitrogen and oxygen atoms in total. The van der Waals surface area contributed by atoms with Crippen molar-refractivity contribution in [2.45, 2.75) is 33.1 Å². The zero-order chi connectivity index (χ0) is 41.0. The Labute approximate surface area is 339 Å². The fourth-order valence-corrected chi connectivity index (χ4v) is 4.32. The average Bonchev–Trinajstić information content (AvgIpc) is 3.22. The van der Waals surface area contributed by atoms with Crippen LogP contribution in [0.25, 0.3) is 0 Å². The standard InChI is InChI=1S/C40H71NO16/c1-3-5-11-41-38-8-6-37(7-9-38)40(43)57-36-35-55-34-33-54-32-31-53-30-29-52-28-27-51-26-25-50-24-23-49-22-21-48-20-19-47-18-17-46-16-15-45-14-13-44-12-10-39(42)56-4-2/h6-9,41H,3-5,10-36H2,1-2H3. The van der Waals surface area contributed by atoms with Gasteiger partial charge in [-0.2, -0.15) is 0 Å². The van der Waals surface area contributed by atoms with Crippen molar-refractivity contribution in [2.75, 3.05) is 184 Å². The Morgan fingerprint density at radius 2 is 0.737 bits per heavy atom. The van der Waals surface area contributed by atoms with Gasteiger partial charge < -0.3 is 71.6 Å². The molecule has 57 heavy (non-hydrogen) atoms. The quantitative estimate of drug-likeness (QED) is 0.0750. The zero-order valence-electron chi connectivity index (χ0n) is 34.6. The second kappa shape index (κ2) is 43.1. The topological polar surface area (TPSA) is 175 Å². The van der Waals surface area contributed by atoms with E-state index in [1.54, 1.807) is 19.1 Å². The number of carbonyl (C=O) groups is 2. The maximum absolute atomic E-state index is 12.1. The lowest BCUT2D eigenvalue weighted by atomic mass is 10.2. The molecule has 332 valence electrons. The van der Waals surface area contributed by atoms with Crippen LogP contribution in [0.3, 0.4) is 0 Å². The molecule has 0 bridgehead atoms. The van der Waals surface area contributed by atoms with Crippen molar-refractivity contribution < 1.29 is 75.9 Å². The predicted octanol–water partition coefficient (Wildman–Crippen LogP) is 3.21. The Morgan fingerprint density at radius 3 is 1.05 bits per heavy atom. The molecule has 0 aromatic heterocycles. The van der Waals surface area contributed by atoms with Crippen LogP contribution in [0.15, 0.2) is 24.3 Å². The summed E-state index contributed by atoms with van der Waals surface area (Å²) in [4.78, 5) is 23.3. The van der Waals surface area contributed by atoms with Gasteiger partial charge in [-0.15, -0.1) is 0 Å². The highest BCUT2D eigenvalue weighted by atomic mass is 16.6. The number of hydrogen-bond acceptors (Lipinski definition) is 17. The van der Waals surface area contributed by atoms with Gasteiger partial charge in [0.1, 0.15) is 6.61 Å². The largest absolute Gasteiger partial charge is 0.466 e.